The van der Waals surface area contributed by atoms with Crippen molar-refractivity contribution >= 4 is 22.1 Å². The highest BCUT2D eigenvalue weighted by atomic mass is 32.2. The molecule has 1 rings (SSSR count). The lowest BCUT2D eigenvalue weighted by molar-refractivity contribution is -0.297. The van der Waals surface area contributed by atoms with Gasteiger partial charge in [-0.1, -0.05) is 155 Å². The van der Waals surface area contributed by atoms with Gasteiger partial charge < -0.3 is 34.3 Å². The predicted octanol–water partition coefficient (Wildman–Crippen LogP) is 7.34. The largest absolute Gasteiger partial charge is 0.462 e. The maximum absolute atomic E-state index is 12.7. The van der Waals surface area contributed by atoms with E-state index in [2.05, 4.69) is 13.8 Å². The molecule has 308 valence electrons. The van der Waals surface area contributed by atoms with Gasteiger partial charge in [0.25, 0.3) is 10.1 Å². The summed E-state index contributed by atoms with van der Waals surface area (Å²) in [4.78, 5) is 25.2. The van der Waals surface area contributed by atoms with Crippen molar-refractivity contribution in [2.45, 2.75) is 218 Å². The molecular formula is C39H74O12S. The first kappa shape index (κ1) is 48.7. The van der Waals surface area contributed by atoms with Crippen molar-refractivity contribution in [1.29, 1.82) is 0 Å². The first-order valence-electron chi connectivity index (χ1n) is 20.6. The third-order valence-electron chi connectivity index (χ3n) is 9.69. The molecule has 6 atom stereocenters. The number of hydrogen-bond acceptors (Lipinski definition) is 11. The van der Waals surface area contributed by atoms with E-state index in [0.29, 0.717) is 12.8 Å². The molecule has 0 aromatic carbocycles. The first-order chi connectivity index (χ1) is 25.0. The van der Waals surface area contributed by atoms with Gasteiger partial charge in [-0.15, -0.1) is 0 Å². The Bertz CT molecular complexity index is 994. The van der Waals surface area contributed by atoms with Gasteiger partial charge in [-0.25, -0.2) is 0 Å². The van der Waals surface area contributed by atoms with Crippen LogP contribution in [0.1, 0.15) is 181 Å². The zero-order chi connectivity index (χ0) is 38.5. The van der Waals surface area contributed by atoms with Crippen molar-refractivity contribution in [2.24, 2.45) is 0 Å². The van der Waals surface area contributed by atoms with Gasteiger partial charge in [0.05, 0.1) is 6.61 Å². The molecule has 4 N–H and O–H groups in total. The van der Waals surface area contributed by atoms with E-state index in [4.69, 9.17) is 18.9 Å². The highest BCUT2D eigenvalue weighted by molar-refractivity contribution is 7.85. The molecule has 0 radical (unpaired) electrons. The van der Waals surface area contributed by atoms with Crippen molar-refractivity contribution in [3.8, 4) is 0 Å². The Hall–Kier alpha value is -1.35. The van der Waals surface area contributed by atoms with Crippen LogP contribution in [-0.2, 0) is 38.7 Å². The van der Waals surface area contributed by atoms with Crippen LogP contribution in [0.25, 0.3) is 0 Å². The second-order valence-electron chi connectivity index (χ2n) is 14.7. The summed E-state index contributed by atoms with van der Waals surface area (Å²) in [7, 11) is -4.59. The molecule has 0 unspecified atom stereocenters. The Morgan fingerprint density at radius 2 is 0.981 bits per heavy atom. The fourth-order valence-corrected chi connectivity index (χ4v) is 7.13. The molecule has 0 amide bonds. The van der Waals surface area contributed by atoms with Crippen molar-refractivity contribution in [3.05, 3.63) is 0 Å². The average Bonchev–Trinajstić information content (AvgIpc) is 3.10. The maximum Gasteiger partial charge on any atom is 0.306 e. The fraction of sp³-hybridized carbons (Fsp3) is 0.949. The van der Waals surface area contributed by atoms with E-state index in [1.807, 2.05) is 0 Å². The number of esters is 2. The van der Waals surface area contributed by atoms with Gasteiger partial charge in [0.2, 0.25) is 0 Å². The molecular weight excluding hydrogens is 692 g/mol. The minimum atomic E-state index is -4.59. The summed E-state index contributed by atoms with van der Waals surface area (Å²) in [6.07, 6.45) is 18.7. The molecule has 52 heavy (non-hydrogen) atoms. The van der Waals surface area contributed by atoms with Crippen LogP contribution in [0.3, 0.4) is 0 Å². The van der Waals surface area contributed by atoms with Crippen LogP contribution >= 0.6 is 0 Å². The first-order valence-corrected chi connectivity index (χ1v) is 22.2. The zero-order valence-corrected chi connectivity index (χ0v) is 33.2. The highest BCUT2D eigenvalue weighted by Crippen LogP contribution is 2.24. The monoisotopic (exact) mass is 766 g/mol. The van der Waals surface area contributed by atoms with Crippen LogP contribution in [0.4, 0.5) is 0 Å². The Balaban J connectivity index is 2.49. The third kappa shape index (κ3) is 25.6. The molecule has 0 saturated carbocycles. The Kier molecular flexibility index (Phi) is 28.9. The number of ether oxygens (including phenoxy) is 4. The summed E-state index contributed by atoms with van der Waals surface area (Å²) in [6, 6.07) is 0. The smallest absolute Gasteiger partial charge is 0.306 e. The van der Waals surface area contributed by atoms with E-state index < -0.39 is 71.2 Å². The minimum Gasteiger partial charge on any atom is -0.462 e. The van der Waals surface area contributed by atoms with Crippen molar-refractivity contribution < 1.29 is 56.8 Å². The summed E-state index contributed by atoms with van der Waals surface area (Å²) in [6.45, 7) is 3.74. The Labute approximate surface area is 314 Å². The quantitative estimate of drug-likeness (QED) is 0.0291. The molecule has 1 fully saturated rings. The molecule has 1 heterocycles. The molecule has 0 bridgehead atoms. The number of carbonyl (C=O) groups excluding carboxylic acids is 2. The molecule has 0 aliphatic carbocycles. The number of aliphatic hydroxyl groups is 3. The van der Waals surface area contributed by atoms with Crippen LogP contribution < -0.4 is 0 Å². The summed E-state index contributed by atoms with van der Waals surface area (Å²) in [5.74, 6) is -1.97. The molecule has 1 aliphatic heterocycles. The van der Waals surface area contributed by atoms with E-state index in [1.165, 1.54) is 103 Å². The lowest BCUT2D eigenvalue weighted by Gasteiger charge is -2.40. The average molecular weight is 767 g/mol. The molecule has 0 aromatic rings. The topological polar surface area (TPSA) is 186 Å². The second kappa shape index (κ2) is 30.9. The SMILES string of the molecule is CCCCCCCCCCCCCCCC(=O)O[C@H](COC(=O)CCCCCCCCCCCCC)CO[C@@H]1O[C@H](CS(=O)(=O)O)[C@@H](O)[C@H](O)[C@H]1O. The standard InChI is InChI=1S/C39H74O12S/c1-3-5-7-9-11-13-15-16-18-20-22-24-26-28-35(41)50-32(29-48-34(40)27-25-23-21-19-17-14-12-10-8-6-4-2)30-49-39-38(44)37(43)36(42)33(51-39)31-52(45,46)47/h32-33,36-39,42-44H,3-31H2,1-2H3,(H,45,46,47)/t32-,33-,36-,37+,38-,39-/m1/s1. The second-order valence-corrected chi connectivity index (χ2v) is 16.2. The molecule has 0 aromatic heterocycles. The van der Waals surface area contributed by atoms with E-state index >= 15 is 0 Å². The summed E-state index contributed by atoms with van der Waals surface area (Å²) in [5, 5.41) is 30.8. The van der Waals surface area contributed by atoms with E-state index in [0.717, 1.165) is 38.5 Å². The Morgan fingerprint density at radius 3 is 1.40 bits per heavy atom. The molecule has 0 spiro atoms. The van der Waals surface area contributed by atoms with Crippen molar-refractivity contribution in [1.82, 2.24) is 0 Å². The Morgan fingerprint density at radius 1 is 0.577 bits per heavy atom. The maximum atomic E-state index is 12.7. The van der Waals surface area contributed by atoms with Gasteiger partial charge in [-0.05, 0) is 12.8 Å². The molecule has 12 nitrogen and oxygen atoms in total. The lowest BCUT2D eigenvalue weighted by atomic mass is 10.00. The van der Waals surface area contributed by atoms with Crippen molar-refractivity contribution in [2.75, 3.05) is 19.0 Å². The van der Waals surface area contributed by atoms with E-state index in [-0.39, 0.29) is 19.4 Å². The van der Waals surface area contributed by atoms with Crippen LogP contribution in [0.5, 0.6) is 0 Å². The predicted molar refractivity (Wildman–Crippen MR) is 201 cm³/mol. The van der Waals surface area contributed by atoms with Crippen molar-refractivity contribution in [3.63, 3.8) is 0 Å². The number of hydrogen-bond donors (Lipinski definition) is 4. The molecule has 13 heteroatoms. The summed E-state index contributed by atoms with van der Waals surface area (Å²) < 4.78 is 53.9. The van der Waals surface area contributed by atoms with Gasteiger partial charge in [0.1, 0.15) is 36.8 Å². The normalized spacial score (nSPS) is 21.2. The van der Waals surface area contributed by atoms with Gasteiger partial charge in [0, 0.05) is 12.8 Å². The zero-order valence-electron chi connectivity index (χ0n) is 32.4. The van der Waals surface area contributed by atoms with Gasteiger partial charge in [-0.3, -0.25) is 14.1 Å². The van der Waals surface area contributed by atoms with Gasteiger partial charge in [-0.2, -0.15) is 8.42 Å². The summed E-state index contributed by atoms with van der Waals surface area (Å²) >= 11 is 0. The number of unbranched alkanes of at least 4 members (excludes halogenated alkanes) is 22. The van der Waals surface area contributed by atoms with Gasteiger partial charge in [0.15, 0.2) is 12.4 Å². The van der Waals surface area contributed by atoms with Crippen LogP contribution in [0, 0.1) is 0 Å². The van der Waals surface area contributed by atoms with E-state index in [9.17, 15) is 37.9 Å². The van der Waals surface area contributed by atoms with Crippen LogP contribution in [-0.4, -0.2) is 96.0 Å². The molecule has 1 saturated heterocycles. The third-order valence-corrected chi connectivity index (χ3v) is 10.4. The number of aliphatic hydroxyl groups excluding tert-OH is 3. The molecule has 1 aliphatic rings. The lowest BCUT2D eigenvalue weighted by Crippen LogP contribution is -2.60. The number of rotatable bonds is 34. The fourth-order valence-electron chi connectivity index (χ4n) is 6.44. The summed E-state index contributed by atoms with van der Waals surface area (Å²) in [5.41, 5.74) is 0. The van der Waals surface area contributed by atoms with Crippen LogP contribution in [0.15, 0.2) is 0 Å². The highest BCUT2D eigenvalue weighted by Gasteiger charge is 2.46. The van der Waals surface area contributed by atoms with Gasteiger partial charge >= 0.3 is 11.9 Å². The number of carbonyl (C=O) groups is 2. The van der Waals surface area contributed by atoms with E-state index in [1.54, 1.807) is 0 Å². The minimum absolute atomic E-state index is 0.171. The van der Waals surface area contributed by atoms with Crippen LogP contribution in [0.2, 0.25) is 0 Å².